The third-order valence-electron chi connectivity index (χ3n) is 5.00. The Labute approximate surface area is 215 Å². The van der Waals surface area contributed by atoms with E-state index in [2.05, 4.69) is 15.6 Å². The van der Waals surface area contributed by atoms with Crippen LogP contribution in [0.1, 0.15) is 25.6 Å². The number of allylic oxidation sites excluding steroid dienone is 2. The minimum atomic E-state index is -1.46. The van der Waals surface area contributed by atoms with Crippen molar-refractivity contribution in [3.8, 4) is 0 Å². The number of hydrogen-bond donors (Lipinski definition) is 2. The molecule has 7 nitrogen and oxygen atoms in total. The second-order valence-electron chi connectivity index (χ2n) is 7.75. The SMILES string of the molecule is C/C=C(\N=C1C(=C(C)C)NCCN1C(=O)OSc1c(F)ccc(F)c1F)C(=O)NCCc1cccs1. The number of amides is 2. The molecule has 1 aromatic carbocycles. The van der Waals surface area contributed by atoms with Gasteiger partial charge in [-0.15, -0.1) is 11.3 Å². The largest absolute Gasteiger partial charge is 0.428 e. The molecule has 2 aromatic rings. The summed E-state index contributed by atoms with van der Waals surface area (Å²) >= 11 is 1.67. The molecule has 3 rings (SSSR count). The normalized spacial score (nSPS) is 15.1. The highest BCUT2D eigenvalue weighted by atomic mass is 32.2. The predicted octanol–water partition coefficient (Wildman–Crippen LogP) is 5.17. The number of carbonyl (C=O) groups excluding carboxylic acids is 2. The summed E-state index contributed by atoms with van der Waals surface area (Å²) in [5, 5.41) is 7.92. The maximum atomic E-state index is 14.0. The summed E-state index contributed by atoms with van der Waals surface area (Å²) in [6, 6.07) is 5.29. The van der Waals surface area contributed by atoms with Crippen LogP contribution >= 0.6 is 23.4 Å². The monoisotopic (exact) mass is 538 g/mol. The Morgan fingerprint density at radius 1 is 1.25 bits per heavy atom. The van der Waals surface area contributed by atoms with Crippen LogP contribution in [0, 0.1) is 17.5 Å². The maximum absolute atomic E-state index is 14.0. The van der Waals surface area contributed by atoms with Crippen LogP contribution in [0.4, 0.5) is 18.0 Å². The highest BCUT2D eigenvalue weighted by Crippen LogP contribution is 2.29. The number of rotatable bonds is 7. The first-order chi connectivity index (χ1) is 17.2. The first kappa shape index (κ1) is 27.3. The van der Waals surface area contributed by atoms with E-state index in [9.17, 15) is 22.8 Å². The lowest BCUT2D eigenvalue weighted by molar-refractivity contribution is -0.117. The molecular weight excluding hydrogens is 513 g/mol. The smallest absolute Gasteiger partial charge is 0.380 e. The molecule has 12 heteroatoms. The molecule has 1 aromatic heterocycles. The molecular formula is C24H25F3N4O3S2. The van der Waals surface area contributed by atoms with Gasteiger partial charge in [-0.3, -0.25) is 9.69 Å². The van der Waals surface area contributed by atoms with Crippen molar-refractivity contribution in [2.75, 3.05) is 19.6 Å². The standard InChI is InChI=1S/C24H25F3N4O3S2/c1-4-18(23(32)29-10-9-15-6-5-13-35-15)30-22-20(14(2)3)28-11-12-31(22)24(33)34-36-21-17(26)8-7-16(25)19(21)27/h4-8,13,28H,9-12H2,1-3H3,(H,29,32)/b18-4-,30-22?. The van der Waals surface area contributed by atoms with E-state index in [1.54, 1.807) is 32.1 Å². The van der Waals surface area contributed by atoms with E-state index in [0.29, 0.717) is 31.3 Å². The van der Waals surface area contributed by atoms with Crippen LogP contribution in [-0.2, 0) is 15.4 Å². The molecule has 0 bridgehead atoms. The fraction of sp³-hybridized carbons (Fsp3) is 0.292. The van der Waals surface area contributed by atoms with Crippen molar-refractivity contribution < 1.29 is 26.9 Å². The van der Waals surface area contributed by atoms with Crippen LogP contribution < -0.4 is 10.6 Å². The van der Waals surface area contributed by atoms with Gasteiger partial charge in [0.25, 0.3) is 5.91 Å². The molecule has 0 radical (unpaired) electrons. The number of amidine groups is 1. The van der Waals surface area contributed by atoms with Crippen LogP contribution in [-0.4, -0.2) is 42.4 Å². The van der Waals surface area contributed by atoms with Crippen LogP contribution in [0.25, 0.3) is 0 Å². The Balaban J connectivity index is 1.79. The maximum Gasteiger partial charge on any atom is 0.428 e. The van der Waals surface area contributed by atoms with Gasteiger partial charge < -0.3 is 14.8 Å². The molecule has 1 aliphatic rings. The number of piperazine rings is 1. The zero-order valence-electron chi connectivity index (χ0n) is 19.9. The number of carbonyl (C=O) groups is 2. The summed E-state index contributed by atoms with van der Waals surface area (Å²) in [5.74, 6) is -4.10. The molecule has 1 fully saturated rings. The van der Waals surface area contributed by atoms with Gasteiger partial charge in [-0.25, -0.2) is 23.0 Å². The summed E-state index contributed by atoms with van der Waals surface area (Å²) in [5.41, 5.74) is 1.37. The topological polar surface area (TPSA) is 83.0 Å². The predicted molar refractivity (Wildman–Crippen MR) is 134 cm³/mol. The quantitative estimate of drug-likeness (QED) is 0.289. The third-order valence-corrected chi connectivity index (χ3v) is 6.71. The van der Waals surface area contributed by atoms with Gasteiger partial charge in [-0.05, 0) is 56.3 Å². The van der Waals surface area contributed by atoms with Crippen molar-refractivity contribution in [3.63, 3.8) is 0 Å². The van der Waals surface area contributed by atoms with Gasteiger partial charge in [0.2, 0.25) is 0 Å². The molecule has 2 amide bonds. The average Bonchev–Trinajstić information content (AvgIpc) is 3.38. The van der Waals surface area contributed by atoms with E-state index in [4.69, 9.17) is 4.18 Å². The van der Waals surface area contributed by atoms with Crippen molar-refractivity contribution >= 4 is 41.2 Å². The van der Waals surface area contributed by atoms with Gasteiger partial charge in [0.1, 0.15) is 28.5 Å². The molecule has 192 valence electrons. The lowest BCUT2D eigenvalue weighted by Crippen LogP contribution is -2.49. The number of thiophene rings is 1. The second kappa shape index (κ2) is 12.6. The summed E-state index contributed by atoms with van der Waals surface area (Å²) < 4.78 is 46.4. The molecule has 0 unspecified atom stereocenters. The Hall–Kier alpha value is -3.25. The zero-order valence-corrected chi connectivity index (χ0v) is 21.5. The lowest BCUT2D eigenvalue weighted by atomic mass is 10.2. The molecule has 1 saturated heterocycles. The van der Waals surface area contributed by atoms with Gasteiger partial charge in [0, 0.05) is 24.5 Å². The molecule has 2 N–H and O–H groups in total. The molecule has 0 aliphatic carbocycles. The molecule has 0 spiro atoms. The molecule has 36 heavy (non-hydrogen) atoms. The third kappa shape index (κ3) is 6.70. The average molecular weight is 539 g/mol. The van der Waals surface area contributed by atoms with Crippen molar-refractivity contribution in [2.24, 2.45) is 4.99 Å². The Morgan fingerprint density at radius 3 is 2.67 bits per heavy atom. The summed E-state index contributed by atoms with van der Waals surface area (Å²) in [4.78, 5) is 31.6. The number of hydrogen-bond acceptors (Lipinski definition) is 7. The van der Waals surface area contributed by atoms with Crippen LogP contribution in [0.2, 0.25) is 0 Å². The van der Waals surface area contributed by atoms with Gasteiger partial charge in [-0.1, -0.05) is 12.1 Å². The van der Waals surface area contributed by atoms with Crippen LogP contribution in [0.3, 0.4) is 0 Å². The number of aliphatic imine (C=N–C) groups is 1. The Bertz CT molecular complexity index is 1210. The van der Waals surface area contributed by atoms with Gasteiger partial charge in [0.05, 0.1) is 5.70 Å². The minimum Gasteiger partial charge on any atom is -0.380 e. The van der Waals surface area contributed by atoms with Crippen LogP contribution in [0.5, 0.6) is 0 Å². The van der Waals surface area contributed by atoms with E-state index in [1.165, 1.54) is 6.08 Å². The lowest BCUT2D eigenvalue weighted by Gasteiger charge is -2.31. The van der Waals surface area contributed by atoms with E-state index in [1.807, 2.05) is 17.5 Å². The number of benzene rings is 1. The van der Waals surface area contributed by atoms with Crippen molar-refractivity contribution in [1.82, 2.24) is 15.5 Å². The Kier molecular flexibility index (Phi) is 9.59. The van der Waals surface area contributed by atoms with E-state index in [0.717, 1.165) is 21.4 Å². The first-order valence-corrected chi connectivity index (χ1v) is 12.6. The number of halogens is 3. The number of nitrogens with zero attached hydrogens (tertiary/aromatic N) is 2. The fourth-order valence-corrected chi connectivity index (χ4v) is 4.49. The van der Waals surface area contributed by atoms with Crippen molar-refractivity contribution in [3.05, 3.63) is 75.0 Å². The highest BCUT2D eigenvalue weighted by Gasteiger charge is 2.30. The summed E-state index contributed by atoms with van der Waals surface area (Å²) in [7, 11) is 0. The second-order valence-corrected chi connectivity index (χ2v) is 9.53. The summed E-state index contributed by atoms with van der Waals surface area (Å²) in [6.07, 6.45) is 1.21. The molecule has 0 atom stereocenters. The fourth-order valence-electron chi connectivity index (χ4n) is 3.22. The van der Waals surface area contributed by atoms with Gasteiger partial charge in [-0.2, -0.15) is 0 Å². The molecule has 1 aliphatic heterocycles. The van der Waals surface area contributed by atoms with Gasteiger partial charge >= 0.3 is 6.09 Å². The van der Waals surface area contributed by atoms with Crippen molar-refractivity contribution in [2.45, 2.75) is 32.1 Å². The number of nitrogens with one attached hydrogen (secondary N) is 2. The zero-order chi connectivity index (χ0) is 26.2. The van der Waals surface area contributed by atoms with Gasteiger partial charge in [0.15, 0.2) is 17.5 Å². The van der Waals surface area contributed by atoms with E-state index >= 15 is 0 Å². The minimum absolute atomic E-state index is 0.0753. The Morgan fingerprint density at radius 2 is 2.00 bits per heavy atom. The van der Waals surface area contributed by atoms with Crippen molar-refractivity contribution in [1.29, 1.82) is 0 Å². The summed E-state index contributed by atoms with van der Waals surface area (Å²) in [6.45, 7) is 6.11. The van der Waals surface area contributed by atoms with E-state index < -0.39 is 34.3 Å². The van der Waals surface area contributed by atoms with E-state index in [-0.39, 0.29) is 30.1 Å². The highest BCUT2D eigenvalue weighted by molar-refractivity contribution is 7.95. The molecule has 0 saturated carbocycles. The first-order valence-electron chi connectivity index (χ1n) is 11.0. The molecule has 2 heterocycles. The van der Waals surface area contributed by atoms with Crippen LogP contribution in [0.15, 0.2) is 62.6 Å².